The molecule has 0 bridgehead atoms. The molecule has 3 heterocycles. The fraction of sp³-hybridized carbons (Fsp3) is 0.419. The average Bonchev–Trinajstić information content (AvgIpc) is 3.67. The molecular formula is C31H39FN4O3. The number of carbonyl (C=O) groups excluding carboxylic acids is 1. The lowest BCUT2D eigenvalue weighted by atomic mass is 10.1. The number of hydrogen-bond donors (Lipinski definition) is 1. The van der Waals surface area contributed by atoms with Crippen molar-refractivity contribution in [3.05, 3.63) is 72.0 Å². The number of amides is 1. The lowest BCUT2D eigenvalue weighted by Crippen LogP contribution is -2.27. The molecule has 0 aliphatic carbocycles. The van der Waals surface area contributed by atoms with Crippen molar-refractivity contribution in [2.45, 2.75) is 32.1 Å². The molecule has 2 N–H and O–H groups in total. The molecule has 1 amide bonds. The van der Waals surface area contributed by atoms with Gasteiger partial charge in [0.25, 0.3) is 0 Å². The van der Waals surface area contributed by atoms with Crippen LogP contribution < -0.4 is 20.1 Å². The number of pyridine rings is 1. The van der Waals surface area contributed by atoms with E-state index in [2.05, 4.69) is 26.9 Å². The van der Waals surface area contributed by atoms with Gasteiger partial charge in [-0.2, -0.15) is 0 Å². The SMILES string of the molecule is COc1ccc(CCCN2CCCC2)cc1OC.NC(=O)C1CCN(c2cccc(-c3ccc(F)cc3)n2)C1. The minimum atomic E-state index is -0.265. The number of rotatable bonds is 9. The van der Waals surface area contributed by atoms with Crippen molar-refractivity contribution in [2.24, 2.45) is 11.7 Å². The minimum absolute atomic E-state index is 0.110. The van der Waals surface area contributed by atoms with E-state index in [1.165, 1.54) is 56.6 Å². The highest BCUT2D eigenvalue weighted by Gasteiger charge is 2.27. The quantitative estimate of drug-likeness (QED) is 0.419. The van der Waals surface area contributed by atoms with Crippen LogP contribution >= 0.6 is 0 Å². The largest absolute Gasteiger partial charge is 0.493 e. The van der Waals surface area contributed by atoms with Crippen molar-refractivity contribution >= 4 is 11.7 Å². The zero-order valence-corrected chi connectivity index (χ0v) is 22.9. The van der Waals surface area contributed by atoms with Gasteiger partial charge in [0, 0.05) is 18.7 Å². The van der Waals surface area contributed by atoms with Gasteiger partial charge in [0.05, 0.1) is 25.8 Å². The molecule has 2 fully saturated rings. The van der Waals surface area contributed by atoms with Crippen LogP contribution in [0.2, 0.25) is 0 Å². The number of methoxy groups -OCH3 is 2. The monoisotopic (exact) mass is 534 g/mol. The van der Waals surface area contributed by atoms with Crippen LogP contribution in [0.15, 0.2) is 60.7 Å². The van der Waals surface area contributed by atoms with Gasteiger partial charge in [-0.1, -0.05) is 12.1 Å². The Bertz CT molecular complexity index is 1210. The van der Waals surface area contributed by atoms with Gasteiger partial charge >= 0.3 is 0 Å². The highest BCUT2D eigenvalue weighted by Crippen LogP contribution is 2.28. The second-order valence-electron chi connectivity index (χ2n) is 10.1. The van der Waals surface area contributed by atoms with E-state index in [9.17, 15) is 9.18 Å². The van der Waals surface area contributed by atoms with Gasteiger partial charge in [-0.05, 0) is 106 Å². The van der Waals surface area contributed by atoms with Crippen molar-refractivity contribution in [2.75, 3.05) is 51.8 Å². The zero-order chi connectivity index (χ0) is 27.6. The third-order valence-electron chi connectivity index (χ3n) is 7.38. The molecule has 0 radical (unpaired) electrons. The van der Waals surface area contributed by atoms with E-state index in [-0.39, 0.29) is 17.6 Å². The second kappa shape index (κ2) is 13.9. The van der Waals surface area contributed by atoms with E-state index < -0.39 is 0 Å². The summed E-state index contributed by atoms with van der Waals surface area (Å²) in [5.74, 6) is 1.82. The first kappa shape index (κ1) is 28.4. The summed E-state index contributed by atoms with van der Waals surface area (Å²) in [4.78, 5) is 20.5. The predicted molar refractivity (Wildman–Crippen MR) is 153 cm³/mol. The molecule has 39 heavy (non-hydrogen) atoms. The smallest absolute Gasteiger partial charge is 0.222 e. The average molecular weight is 535 g/mol. The Balaban J connectivity index is 0.000000183. The van der Waals surface area contributed by atoms with Gasteiger partial charge < -0.3 is 25.0 Å². The molecule has 1 unspecified atom stereocenters. The first-order valence-corrected chi connectivity index (χ1v) is 13.7. The summed E-state index contributed by atoms with van der Waals surface area (Å²) in [6.07, 6.45) is 5.83. The molecule has 2 aliphatic rings. The Kier molecular flexibility index (Phi) is 10.1. The van der Waals surface area contributed by atoms with Gasteiger partial charge in [0.15, 0.2) is 11.5 Å². The molecule has 0 spiro atoms. The molecule has 2 saturated heterocycles. The molecule has 3 aromatic rings. The lowest BCUT2D eigenvalue weighted by Gasteiger charge is -2.17. The summed E-state index contributed by atoms with van der Waals surface area (Å²) < 4.78 is 23.5. The molecule has 5 rings (SSSR count). The van der Waals surface area contributed by atoms with Crippen molar-refractivity contribution in [3.63, 3.8) is 0 Å². The van der Waals surface area contributed by atoms with Gasteiger partial charge in [-0.25, -0.2) is 9.37 Å². The molecule has 0 saturated carbocycles. The summed E-state index contributed by atoms with van der Waals surface area (Å²) >= 11 is 0. The zero-order valence-electron chi connectivity index (χ0n) is 22.9. The summed E-state index contributed by atoms with van der Waals surface area (Å²) in [6, 6.07) is 18.2. The van der Waals surface area contributed by atoms with E-state index in [0.717, 1.165) is 48.0 Å². The third-order valence-corrected chi connectivity index (χ3v) is 7.38. The van der Waals surface area contributed by atoms with E-state index >= 15 is 0 Å². The van der Waals surface area contributed by atoms with Gasteiger partial charge in [-0.15, -0.1) is 0 Å². The number of likely N-dealkylation sites (tertiary alicyclic amines) is 1. The van der Waals surface area contributed by atoms with Crippen LogP contribution in [0.25, 0.3) is 11.3 Å². The number of aryl methyl sites for hydroxylation is 1. The molecule has 8 heteroatoms. The Hall–Kier alpha value is -3.65. The Morgan fingerprint density at radius 2 is 1.74 bits per heavy atom. The fourth-order valence-electron chi connectivity index (χ4n) is 5.13. The summed E-state index contributed by atoms with van der Waals surface area (Å²) in [6.45, 7) is 5.16. The van der Waals surface area contributed by atoms with E-state index in [4.69, 9.17) is 15.2 Å². The number of carbonyl (C=O) groups is 1. The number of anilines is 1. The number of halogens is 1. The summed E-state index contributed by atoms with van der Waals surface area (Å²) in [7, 11) is 3.36. The first-order chi connectivity index (χ1) is 19.0. The summed E-state index contributed by atoms with van der Waals surface area (Å²) in [5, 5.41) is 0. The predicted octanol–water partition coefficient (Wildman–Crippen LogP) is 4.93. The maximum atomic E-state index is 13.0. The fourth-order valence-corrected chi connectivity index (χ4v) is 5.13. The van der Waals surface area contributed by atoms with Crippen molar-refractivity contribution in [1.82, 2.24) is 9.88 Å². The molecule has 7 nitrogen and oxygen atoms in total. The van der Waals surface area contributed by atoms with Crippen LogP contribution in [0.1, 0.15) is 31.2 Å². The van der Waals surface area contributed by atoms with E-state index in [1.807, 2.05) is 24.3 Å². The molecule has 1 atom stereocenters. The second-order valence-corrected chi connectivity index (χ2v) is 10.1. The van der Waals surface area contributed by atoms with E-state index in [1.54, 1.807) is 26.4 Å². The summed E-state index contributed by atoms with van der Waals surface area (Å²) in [5.41, 5.74) is 8.33. The number of nitrogens with two attached hydrogens (primary N) is 1. The van der Waals surface area contributed by atoms with Crippen LogP contribution in [0.4, 0.5) is 10.2 Å². The number of aromatic nitrogens is 1. The minimum Gasteiger partial charge on any atom is -0.493 e. The van der Waals surface area contributed by atoms with Gasteiger partial charge in [-0.3, -0.25) is 4.79 Å². The Morgan fingerprint density at radius 1 is 1.00 bits per heavy atom. The topological polar surface area (TPSA) is 80.9 Å². The number of hydrogen-bond acceptors (Lipinski definition) is 6. The molecular weight excluding hydrogens is 495 g/mol. The number of benzene rings is 2. The van der Waals surface area contributed by atoms with Crippen molar-refractivity contribution < 1.29 is 18.7 Å². The standard InChI is InChI=1S/C16H16FN3O.C15H23NO2/c17-13-6-4-11(5-7-13)14-2-1-3-15(19-14)20-9-8-12(10-20)16(18)21;1-17-14-8-7-13(12-15(14)18-2)6-5-11-16-9-3-4-10-16/h1-7,12H,8-10H2,(H2,18,21);7-8,12H,3-6,9-11H2,1-2H3. The van der Waals surface area contributed by atoms with Gasteiger partial charge in [0.1, 0.15) is 11.6 Å². The Morgan fingerprint density at radius 3 is 2.41 bits per heavy atom. The normalized spacial score (nSPS) is 17.0. The molecule has 208 valence electrons. The number of primary amides is 1. The van der Waals surface area contributed by atoms with Crippen LogP contribution in [-0.4, -0.2) is 62.7 Å². The highest BCUT2D eigenvalue weighted by atomic mass is 19.1. The maximum absolute atomic E-state index is 13.0. The molecule has 2 aromatic carbocycles. The number of ether oxygens (including phenoxy) is 2. The van der Waals surface area contributed by atoms with Crippen LogP contribution in [0.3, 0.4) is 0 Å². The third kappa shape index (κ3) is 7.93. The first-order valence-electron chi connectivity index (χ1n) is 13.7. The van der Waals surface area contributed by atoms with Crippen LogP contribution in [-0.2, 0) is 11.2 Å². The van der Waals surface area contributed by atoms with Crippen molar-refractivity contribution in [1.29, 1.82) is 0 Å². The maximum Gasteiger partial charge on any atom is 0.222 e. The molecule has 1 aromatic heterocycles. The Labute approximate surface area is 230 Å². The van der Waals surface area contributed by atoms with Gasteiger partial charge in [0.2, 0.25) is 5.91 Å². The van der Waals surface area contributed by atoms with Crippen LogP contribution in [0.5, 0.6) is 11.5 Å². The highest BCUT2D eigenvalue weighted by molar-refractivity contribution is 5.78. The van der Waals surface area contributed by atoms with Crippen LogP contribution in [0, 0.1) is 11.7 Å². The lowest BCUT2D eigenvalue weighted by molar-refractivity contribution is -0.121. The van der Waals surface area contributed by atoms with E-state index in [0.29, 0.717) is 6.54 Å². The number of nitrogens with zero attached hydrogens (tertiary/aromatic N) is 3. The van der Waals surface area contributed by atoms with Crippen molar-refractivity contribution in [3.8, 4) is 22.8 Å². The molecule has 2 aliphatic heterocycles.